The van der Waals surface area contributed by atoms with Gasteiger partial charge in [-0.05, 0) is 33.8 Å². The Morgan fingerprint density at radius 1 is 1.00 bits per heavy atom. The van der Waals surface area contributed by atoms with Crippen LogP contribution in [0, 0.1) is 0 Å². The molecule has 0 saturated heterocycles. The van der Waals surface area contributed by atoms with Gasteiger partial charge in [-0.3, -0.25) is 4.90 Å². The van der Waals surface area contributed by atoms with E-state index < -0.39 is 0 Å². The average molecular weight is 360 g/mol. The molecular formula is C18H28N6O2. The van der Waals surface area contributed by atoms with Crippen LogP contribution in [0.2, 0.25) is 0 Å². The number of aromatic nitrogens is 4. The van der Waals surface area contributed by atoms with E-state index in [1.54, 1.807) is 19.4 Å². The predicted molar refractivity (Wildman–Crippen MR) is 102 cm³/mol. The molecule has 0 aliphatic carbocycles. The van der Waals surface area contributed by atoms with Crippen molar-refractivity contribution in [3.8, 4) is 23.3 Å². The zero-order valence-electron chi connectivity index (χ0n) is 16.4. The number of nitrogens with zero attached hydrogens (tertiary/aromatic N) is 5. The first kappa shape index (κ1) is 19.8. The molecular weight excluding hydrogens is 332 g/mol. The fourth-order valence-corrected chi connectivity index (χ4v) is 2.70. The van der Waals surface area contributed by atoms with Crippen LogP contribution in [-0.2, 0) is 0 Å². The highest BCUT2D eigenvalue weighted by Gasteiger charge is 2.14. The quantitative estimate of drug-likeness (QED) is 0.730. The summed E-state index contributed by atoms with van der Waals surface area (Å²) in [7, 11) is 3.11. The van der Waals surface area contributed by atoms with Gasteiger partial charge in [0.25, 0.3) is 0 Å². The van der Waals surface area contributed by atoms with Gasteiger partial charge < -0.3 is 14.8 Å². The average Bonchev–Trinajstić information content (AvgIpc) is 2.64. The van der Waals surface area contributed by atoms with Crippen LogP contribution in [0.15, 0.2) is 18.3 Å². The molecule has 8 nitrogen and oxygen atoms in total. The molecule has 0 aliphatic heterocycles. The molecule has 2 rings (SSSR count). The molecule has 0 fully saturated rings. The molecule has 8 heteroatoms. The van der Waals surface area contributed by atoms with Crippen LogP contribution in [0.25, 0.3) is 11.4 Å². The predicted octanol–water partition coefficient (Wildman–Crippen LogP) is 2.48. The number of rotatable bonds is 9. The van der Waals surface area contributed by atoms with Crippen LogP contribution in [0.5, 0.6) is 11.9 Å². The van der Waals surface area contributed by atoms with Gasteiger partial charge in [0.1, 0.15) is 0 Å². The third kappa shape index (κ3) is 5.26. The lowest BCUT2D eigenvalue weighted by Gasteiger charge is -2.30. The van der Waals surface area contributed by atoms with Crippen molar-refractivity contribution in [1.82, 2.24) is 24.8 Å². The van der Waals surface area contributed by atoms with Gasteiger partial charge in [-0.1, -0.05) is 0 Å². The van der Waals surface area contributed by atoms with Crippen molar-refractivity contribution < 1.29 is 9.47 Å². The maximum atomic E-state index is 5.21. The number of methoxy groups -OCH3 is 2. The van der Waals surface area contributed by atoms with E-state index >= 15 is 0 Å². The molecule has 0 atom stereocenters. The van der Waals surface area contributed by atoms with Crippen molar-refractivity contribution >= 4 is 5.95 Å². The molecule has 0 aliphatic rings. The molecule has 0 unspecified atom stereocenters. The smallest absolute Gasteiger partial charge is 0.321 e. The lowest BCUT2D eigenvalue weighted by Crippen LogP contribution is -2.40. The van der Waals surface area contributed by atoms with Crippen molar-refractivity contribution in [2.24, 2.45) is 0 Å². The van der Waals surface area contributed by atoms with Crippen LogP contribution in [0.3, 0.4) is 0 Å². The third-order valence-corrected chi connectivity index (χ3v) is 3.98. The van der Waals surface area contributed by atoms with Crippen molar-refractivity contribution in [3.05, 3.63) is 18.3 Å². The molecule has 0 amide bonds. The first-order valence-corrected chi connectivity index (χ1v) is 8.74. The molecule has 0 radical (unpaired) electrons. The Hall–Kier alpha value is -2.48. The van der Waals surface area contributed by atoms with Crippen LogP contribution in [0.4, 0.5) is 5.95 Å². The highest BCUT2D eigenvalue weighted by Crippen LogP contribution is 2.19. The summed E-state index contributed by atoms with van der Waals surface area (Å²) in [5, 5.41) is 3.26. The Bertz CT molecular complexity index is 683. The van der Waals surface area contributed by atoms with Crippen molar-refractivity contribution in [2.45, 2.75) is 39.8 Å². The van der Waals surface area contributed by atoms with Gasteiger partial charge in [-0.25, -0.2) is 4.98 Å². The molecule has 2 aromatic rings. The summed E-state index contributed by atoms with van der Waals surface area (Å²) in [6, 6.07) is 4.83. The second-order valence-corrected chi connectivity index (χ2v) is 6.41. The maximum absolute atomic E-state index is 5.21. The number of anilines is 1. The van der Waals surface area contributed by atoms with Gasteiger partial charge in [0.05, 0.1) is 14.2 Å². The summed E-state index contributed by atoms with van der Waals surface area (Å²) >= 11 is 0. The molecule has 2 aromatic heterocycles. The van der Waals surface area contributed by atoms with E-state index in [4.69, 9.17) is 9.47 Å². The zero-order chi connectivity index (χ0) is 19.1. The monoisotopic (exact) mass is 360 g/mol. The molecule has 0 bridgehead atoms. The van der Waals surface area contributed by atoms with Gasteiger partial charge in [0, 0.05) is 43.0 Å². The van der Waals surface area contributed by atoms with Crippen LogP contribution < -0.4 is 14.8 Å². The normalized spacial score (nSPS) is 11.3. The Balaban J connectivity index is 2.13. The minimum Gasteiger partial charge on any atom is -0.481 e. The van der Waals surface area contributed by atoms with Crippen LogP contribution in [-0.4, -0.2) is 64.2 Å². The van der Waals surface area contributed by atoms with E-state index in [1.807, 2.05) is 6.07 Å². The van der Waals surface area contributed by atoms with E-state index in [-0.39, 0.29) is 6.01 Å². The fourth-order valence-electron chi connectivity index (χ4n) is 2.70. The van der Waals surface area contributed by atoms with Crippen LogP contribution >= 0.6 is 0 Å². The van der Waals surface area contributed by atoms with Crippen LogP contribution in [0.1, 0.15) is 27.7 Å². The molecule has 2 heterocycles. The Labute approximate surface area is 155 Å². The summed E-state index contributed by atoms with van der Waals surface area (Å²) in [6.07, 6.45) is 1.66. The number of hydrogen-bond acceptors (Lipinski definition) is 8. The number of pyridine rings is 1. The second-order valence-electron chi connectivity index (χ2n) is 6.41. The highest BCUT2D eigenvalue weighted by molar-refractivity contribution is 5.55. The Kier molecular flexibility index (Phi) is 7.08. The topological polar surface area (TPSA) is 85.3 Å². The highest BCUT2D eigenvalue weighted by atomic mass is 16.5. The van der Waals surface area contributed by atoms with Gasteiger partial charge in [-0.15, -0.1) is 0 Å². The molecule has 26 heavy (non-hydrogen) atoms. The van der Waals surface area contributed by atoms with Crippen molar-refractivity contribution in [2.75, 3.05) is 32.6 Å². The lowest BCUT2D eigenvalue weighted by atomic mass is 10.2. The minimum absolute atomic E-state index is 0.262. The SMILES string of the molecule is COc1ccc(-c2nc(NCCN(C(C)C)C(C)C)nc(OC)n2)cn1. The Morgan fingerprint density at radius 3 is 2.27 bits per heavy atom. The first-order valence-electron chi connectivity index (χ1n) is 8.74. The first-order chi connectivity index (χ1) is 12.4. The molecule has 0 saturated carbocycles. The molecule has 0 spiro atoms. The van der Waals surface area contributed by atoms with E-state index in [0.29, 0.717) is 29.7 Å². The number of hydrogen-bond donors (Lipinski definition) is 1. The molecule has 142 valence electrons. The van der Waals surface area contributed by atoms with E-state index in [2.05, 4.69) is 57.8 Å². The fraction of sp³-hybridized carbons (Fsp3) is 0.556. The summed E-state index contributed by atoms with van der Waals surface area (Å²) in [6.45, 7) is 10.4. The largest absolute Gasteiger partial charge is 0.481 e. The third-order valence-electron chi connectivity index (χ3n) is 3.98. The van der Waals surface area contributed by atoms with Crippen molar-refractivity contribution in [1.29, 1.82) is 0 Å². The molecule has 0 aromatic carbocycles. The minimum atomic E-state index is 0.262. The van der Waals surface area contributed by atoms with E-state index in [9.17, 15) is 0 Å². The Morgan fingerprint density at radius 2 is 1.73 bits per heavy atom. The molecule has 1 N–H and O–H groups in total. The summed E-state index contributed by atoms with van der Waals surface area (Å²) in [5.74, 6) is 1.52. The van der Waals surface area contributed by atoms with Gasteiger partial charge in [0.15, 0.2) is 5.82 Å². The summed E-state index contributed by atoms with van der Waals surface area (Å²) in [4.78, 5) is 19.7. The van der Waals surface area contributed by atoms with Gasteiger partial charge >= 0.3 is 6.01 Å². The lowest BCUT2D eigenvalue weighted by molar-refractivity contribution is 0.182. The zero-order valence-corrected chi connectivity index (χ0v) is 16.4. The number of ether oxygens (including phenoxy) is 2. The number of nitrogens with one attached hydrogen (secondary N) is 1. The van der Waals surface area contributed by atoms with Crippen molar-refractivity contribution in [3.63, 3.8) is 0 Å². The second kappa shape index (κ2) is 9.28. The van der Waals surface area contributed by atoms with Gasteiger partial charge in [0.2, 0.25) is 11.8 Å². The van der Waals surface area contributed by atoms with E-state index in [0.717, 1.165) is 18.7 Å². The maximum Gasteiger partial charge on any atom is 0.321 e. The summed E-state index contributed by atoms with van der Waals surface area (Å²) in [5.41, 5.74) is 0.764. The van der Waals surface area contributed by atoms with Gasteiger partial charge in [-0.2, -0.15) is 15.0 Å². The summed E-state index contributed by atoms with van der Waals surface area (Å²) < 4.78 is 10.3. The van der Waals surface area contributed by atoms with E-state index in [1.165, 1.54) is 7.11 Å². The standard InChI is InChI=1S/C18H28N6O2/c1-12(2)24(13(3)4)10-9-19-17-21-16(22-18(23-17)26-6)14-7-8-15(25-5)20-11-14/h7-8,11-13H,9-10H2,1-6H3,(H,19,21,22,23).